The Hall–Kier alpha value is -9.33. The first-order chi connectivity index (χ1) is 33.7. The van der Waals surface area contributed by atoms with E-state index in [0.29, 0.717) is 0 Å². The molecule has 0 unspecified atom stereocenters. The number of aromatic nitrogens is 6. The minimum atomic E-state index is 0.798. The van der Waals surface area contributed by atoms with Gasteiger partial charge >= 0.3 is 0 Å². The molecule has 13 rings (SSSR count). The highest BCUT2D eigenvalue weighted by Crippen LogP contribution is 2.43. The topological polar surface area (TPSA) is 82.5 Å². The van der Waals surface area contributed by atoms with Gasteiger partial charge in [0.2, 0.25) is 0 Å². The molecule has 320 valence electrons. The van der Waals surface area contributed by atoms with Gasteiger partial charge in [0.1, 0.15) is 11.2 Å². The molecular weight excluding hydrogens is 833 g/mol. The lowest BCUT2D eigenvalue weighted by molar-refractivity contribution is 0.669. The number of rotatable bonds is 7. The van der Waals surface area contributed by atoms with Crippen molar-refractivity contribution in [2.24, 2.45) is 0 Å². The predicted molar refractivity (Wildman–Crippen MR) is 276 cm³/mol. The number of benzene rings is 6. The molecule has 7 nitrogen and oxygen atoms in total. The Morgan fingerprint density at radius 1 is 0.294 bits per heavy atom. The van der Waals surface area contributed by atoms with Crippen LogP contribution in [0.1, 0.15) is 0 Å². The van der Waals surface area contributed by atoms with E-state index in [1.165, 1.54) is 0 Å². The highest BCUT2D eigenvalue weighted by atomic mass is 16.3. The number of furan rings is 1. The Morgan fingerprint density at radius 2 is 0.735 bits per heavy atom. The molecule has 0 bridgehead atoms. The SMILES string of the molecule is c1ccc(-c2ccccc2-c2ccc3c(c2)c2cc(-c4ccccc4-c4ccccn4)ccc2n3-c2ccc3oc4cc(-c5ccccn5)c(-c5ccccn5)cc4c3c2)nc1.c1ccncc1. The van der Waals surface area contributed by atoms with Gasteiger partial charge in [0.15, 0.2) is 0 Å². The summed E-state index contributed by atoms with van der Waals surface area (Å²) in [4.78, 5) is 22.7. The lowest BCUT2D eigenvalue weighted by atomic mass is 9.94. The second-order valence-corrected chi connectivity index (χ2v) is 16.5. The minimum Gasteiger partial charge on any atom is -0.456 e. The quantitative estimate of drug-likeness (QED) is 0.159. The molecular formula is C61H40N6O. The highest BCUT2D eigenvalue weighted by Gasteiger charge is 2.20. The number of nitrogens with zero attached hydrogens (tertiary/aromatic N) is 6. The Kier molecular flexibility index (Phi) is 10.4. The molecule has 7 heterocycles. The van der Waals surface area contributed by atoms with Crippen molar-refractivity contribution in [2.45, 2.75) is 0 Å². The van der Waals surface area contributed by atoms with E-state index in [1.54, 1.807) is 12.4 Å². The molecule has 0 spiro atoms. The second-order valence-electron chi connectivity index (χ2n) is 16.5. The molecule has 0 aliphatic rings. The minimum absolute atomic E-state index is 0.798. The molecule has 7 aromatic heterocycles. The van der Waals surface area contributed by atoms with Gasteiger partial charge in [-0.25, -0.2) is 0 Å². The predicted octanol–water partition coefficient (Wildman–Crippen LogP) is 15.3. The first-order valence-electron chi connectivity index (χ1n) is 22.5. The van der Waals surface area contributed by atoms with Gasteiger partial charge in [-0.1, -0.05) is 91.0 Å². The molecule has 13 aromatic rings. The van der Waals surface area contributed by atoms with Crippen LogP contribution in [0.4, 0.5) is 0 Å². The summed E-state index contributed by atoms with van der Waals surface area (Å²) in [5, 5.41) is 4.35. The van der Waals surface area contributed by atoms with Crippen molar-refractivity contribution in [3.8, 4) is 73.0 Å². The Bertz CT molecular complexity index is 3730. The van der Waals surface area contributed by atoms with Gasteiger partial charge in [0.05, 0.1) is 33.8 Å². The van der Waals surface area contributed by atoms with E-state index in [4.69, 9.17) is 24.4 Å². The normalized spacial score (nSPS) is 11.2. The number of hydrogen-bond donors (Lipinski definition) is 0. The molecule has 0 aliphatic carbocycles. The average Bonchev–Trinajstić information content (AvgIpc) is 3.96. The monoisotopic (exact) mass is 872 g/mol. The van der Waals surface area contributed by atoms with Gasteiger partial charge in [-0.05, 0) is 138 Å². The molecule has 0 N–H and O–H groups in total. The van der Waals surface area contributed by atoms with E-state index in [-0.39, 0.29) is 0 Å². The van der Waals surface area contributed by atoms with E-state index in [1.807, 2.05) is 104 Å². The fraction of sp³-hybridized carbons (Fsp3) is 0. The van der Waals surface area contributed by atoms with E-state index >= 15 is 0 Å². The lowest BCUT2D eigenvalue weighted by Crippen LogP contribution is -1.94. The van der Waals surface area contributed by atoms with Crippen LogP contribution >= 0.6 is 0 Å². The number of pyridine rings is 5. The Labute approximate surface area is 392 Å². The summed E-state index contributed by atoms with van der Waals surface area (Å²) in [5.41, 5.74) is 17.2. The summed E-state index contributed by atoms with van der Waals surface area (Å²) in [5.74, 6) is 0. The van der Waals surface area contributed by atoms with Crippen molar-refractivity contribution in [1.29, 1.82) is 0 Å². The lowest BCUT2D eigenvalue weighted by Gasteiger charge is -2.11. The maximum atomic E-state index is 6.61. The Morgan fingerprint density at radius 3 is 1.19 bits per heavy atom. The third kappa shape index (κ3) is 7.44. The molecule has 0 radical (unpaired) electrons. The molecule has 0 amide bonds. The van der Waals surface area contributed by atoms with Crippen molar-refractivity contribution >= 4 is 43.7 Å². The number of hydrogen-bond acceptors (Lipinski definition) is 6. The first-order valence-corrected chi connectivity index (χ1v) is 22.5. The maximum absolute atomic E-state index is 6.61. The third-order valence-electron chi connectivity index (χ3n) is 12.4. The summed E-state index contributed by atoms with van der Waals surface area (Å²) in [7, 11) is 0. The van der Waals surface area contributed by atoms with Crippen LogP contribution in [-0.2, 0) is 0 Å². The van der Waals surface area contributed by atoms with Crippen LogP contribution < -0.4 is 0 Å². The van der Waals surface area contributed by atoms with Gasteiger partial charge < -0.3 is 8.98 Å². The van der Waals surface area contributed by atoms with Crippen LogP contribution in [0.3, 0.4) is 0 Å². The van der Waals surface area contributed by atoms with Gasteiger partial charge in [-0.3, -0.25) is 24.9 Å². The van der Waals surface area contributed by atoms with Crippen LogP contribution in [0, 0.1) is 0 Å². The molecule has 0 fully saturated rings. The smallest absolute Gasteiger partial charge is 0.136 e. The maximum Gasteiger partial charge on any atom is 0.136 e. The van der Waals surface area contributed by atoms with E-state index in [9.17, 15) is 0 Å². The van der Waals surface area contributed by atoms with Gasteiger partial charge in [0.25, 0.3) is 0 Å². The van der Waals surface area contributed by atoms with Crippen molar-refractivity contribution in [1.82, 2.24) is 29.5 Å². The summed E-state index contributed by atoms with van der Waals surface area (Å²) in [6, 6.07) is 71.4. The van der Waals surface area contributed by atoms with Crippen molar-refractivity contribution in [3.05, 3.63) is 243 Å². The summed E-state index contributed by atoms with van der Waals surface area (Å²) in [6.45, 7) is 0. The highest BCUT2D eigenvalue weighted by molar-refractivity contribution is 6.13. The van der Waals surface area contributed by atoms with Crippen LogP contribution in [0.25, 0.3) is 117 Å². The van der Waals surface area contributed by atoms with Crippen LogP contribution in [0.15, 0.2) is 248 Å². The number of fused-ring (bicyclic) bond motifs is 6. The molecule has 0 atom stereocenters. The van der Waals surface area contributed by atoms with Gasteiger partial charge in [0, 0.05) is 86.7 Å². The van der Waals surface area contributed by atoms with Crippen molar-refractivity contribution < 1.29 is 4.42 Å². The van der Waals surface area contributed by atoms with Gasteiger partial charge in [-0.2, -0.15) is 0 Å². The van der Waals surface area contributed by atoms with E-state index < -0.39 is 0 Å². The summed E-state index contributed by atoms with van der Waals surface area (Å²) < 4.78 is 8.99. The fourth-order valence-electron chi connectivity index (χ4n) is 9.33. The van der Waals surface area contributed by atoms with Gasteiger partial charge in [-0.15, -0.1) is 0 Å². The molecule has 0 aliphatic heterocycles. The third-order valence-corrected chi connectivity index (χ3v) is 12.4. The largest absolute Gasteiger partial charge is 0.456 e. The van der Waals surface area contributed by atoms with Crippen LogP contribution in [-0.4, -0.2) is 29.5 Å². The molecule has 0 saturated carbocycles. The van der Waals surface area contributed by atoms with E-state index in [0.717, 1.165) is 117 Å². The van der Waals surface area contributed by atoms with Crippen molar-refractivity contribution in [3.63, 3.8) is 0 Å². The molecule has 68 heavy (non-hydrogen) atoms. The summed E-state index contributed by atoms with van der Waals surface area (Å²) in [6.07, 6.45) is 10.9. The van der Waals surface area contributed by atoms with Crippen molar-refractivity contribution in [2.75, 3.05) is 0 Å². The molecule has 7 heteroatoms. The standard InChI is InChI=1S/C56H35N5O.C5H5N/c1-3-15-41(49-17-5-9-27-57-49)39(13-1)36-21-24-53-45(31-36)46-32-37(40-14-2-4-16-42(40)50-18-6-10-28-58-50)22-25-54(46)61(53)38-23-26-55-47(33-38)48-34-43(51-19-7-11-29-59-51)44(35-56(48)62-55)52-20-8-12-30-60-52;1-2-4-6-5-3-1/h1-35H;1-5H. The van der Waals surface area contributed by atoms with Crippen LogP contribution in [0.5, 0.6) is 0 Å². The zero-order chi connectivity index (χ0) is 45.2. The van der Waals surface area contributed by atoms with E-state index in [2.05, 4.69) is 137 Å². The molecule has 6 aromatic carbocycles. The van der Waals surface area contributed by atoms with Crippen LogP contribution in [0.2, 0.25) is 0 Å². The fourth-order valence-corrected chi connectivity index (χ4v) is 9.33. The average molecular weight is 873 g/mol. The summed E-state index contributed by atoms with van der Waals surface area (Å²) >= 11 is 0. The zero-order valence-electron chi connectivity index (χ0n) is 36.7. The Balaban J connectivity index is 0.000000745. The molecule has 0 saturated heterocycles. The first kappa shape index (κ1) is 40.2. The second kappa shape index (κ2) is 17.6. The zero-order valence-corrected chi connectivity index (χ0v) is 36.7.